The highest BCUT2D eigenvalue weighted by atomic mass is 32.2. The van der Waals surface area contributed by atoms with Crippen molar-refractivity contribution < 1.29 is 4.79 Å². The fourth-order valence-electron chi connectivity index (χ4n) is 2.45. The molecule has 0 spiro atoms. The van der Waals surface area contributed by atoms with Crippen LogP contribution in [0.5, 0.6) is 0 Å². The first-order chi connectivity index (χ1) is 11.8. The fraction of sp³-hybridized carbons (Fsp3) is 0.105. The summed E-state index contributed by atoms with van der Waals surface area (Å²) in [6.07, 6.45) is 7.22. The number of rotatable bonds is 5. The lowest BCUT2D eigenvalue weighted by Crippen LogP contribution is -2.23. The fourth-order valence-corrected chi connectivity index (χ4v) is 3.04. The topological polar surface area (TPSA) is 54.9 Å². The number of hydrogen-bond donors (Lipinski definition) is 1. The van der Waals surface area contributed by atoms with E-state index in [1.807, 2.05) is 54.8 Å². The Balaban J connectivity index is 1.79. The number of aromatic nitrogens is 2. The van der Waals surface area contributed by atoms with Crippen LogP contribution in [-0.4, -0.2) is 22.1 Å². The zero-order valence-electron chi connectivity index (χ0n) is 13.3. The summed E-state index contributed by atoms with van der Waals surface area (Å²) in [4.78, 5) is 22.0. The maximum atomic E-state index is 12.5. The molecule has 24 heavy (non-hydrogen) atoms. The summed E-state index contributed by atoms with van der Waals surface area (Å²) in [6.45, 7) is 0.416. The Kier molecular flexibility index (Phi) is 5.23. The van der Waals surface area contributed by atoms with Crippen LogP contribution in [0, 0.1) is 0 Å². The van der Waals surface area contributed by atoms with Crippen LogP contribution in [0.1, 0.15) is 15.9 Å². The Bertz CT molecular complexity index is 837. The third-order valence-electron chi connectivity index (χ3n) is 3.62. The van der Waals surface area contributed by atoms with E-state index in [2.05, 4.69) is 15.3 Å². The van der Waals surface area contributed by atoms with Crippen LogP contribution in [0.2, 0.25) is 0 Å². The van der Waals surface area contributed by atoms with Crippen molar-refractivity contribution in [2.75, 3.05) is 6.26 Å². The highest BCUT2D eigenvalue weighted by molar-refractivity contribution is 7.98. The summed E-state index contributed by atoms with van der Waals surface area (Å²) in [7, 11) is 0. The number of pyridine rings is 2. The molecule has 2 aromatic heterocycles. The largest absolute Gasteiger partial charge is 0.348 e. The third-order valence-corrected chi connectivity index (χ3v) is 4.41. The lowest BCUT2D eigenvalue weighted by molar-refractivity contribution is 0.0948. The van der Waals surface area contributed by atoms with E-state index in [1.54, 1.807) is 30.4 Å². The zero-order chi connectivity index (χ0) is 16.8. The molecule has 0 aliphatic rings. The summed E-state index contributed by atoms with van der Waals surface area (Å²) >= 11 is 1.56. The van der Waals surface area contributed by atoms with Gasteiger partial charge in [0.15, 0.2) is 0 Å². The van der Waals surface area contributed by atoms with E-state index in [1.165, 1.54) is 0 Å². The highest BCUT2D eigenvalue weighted by Crippen LogP contribution is 2.21. The van der Waals surface area contributed by atoms with Gasteiger partial charge in [0.1, 0.15) is 0 Å². The van der Waals surface area contributed by atoms with Crippen LogP contribution in [0.3, 0.4) is 0 Å². The third kappa shape index (κ3) is 3.63. The number of hydrogen-bond acceptors (Lipinski definition) is 4. The van der Waals surface area contributed by atoms with Gasteiger partial charge in [0.2, 0.25) is 0 Å². The maximum absolute atomic E-state index is 12.5. The van der Waals surface area contributed by atoms with Crippen LogP contribution >= 0.6 is 11.8 Å². The minimum absolute atomic E-state index is 0.0825. The summed E-state index contributed by atoms with van der Waals surface area (Å²) in [5.74, 6) is -0.0825. The van der Waals surface area contributed by atoms with Crippen molar-refractivity contribution in [3.05, 3.63) is 78.2 Å². The van der Waals surface area contributed by atoms with Crippen LogP contribution in [0.15, 0.2) is 72.0 Å². The lowest BCUT2D eigenvalue weighted by atomic mass is 10.1. The van der Waals surface area contributed by atoms with Crippen molar-refractivity contribution in [1.82, 2.24) is 15.3 Å². The smallest absolute Gasteiger partial charge is 0.252 e. The number of benzene rings is 1. The predicted octanol–water partition coefficient (Wildman–Crippen LogP) is 3.80. The molecule has 0 aliphatic heterocycles. The molecule has 0 saturated heterocycles. The molecule has 0 bridgehead atoms. The summed E-state index contributed by atoms with van der Waals surface area (Å²) in [6, 6.07) is 15.3. The van der Waals surface area contributed by atoms with Crippen molar-refractivity contribution in [1.29, 1.82) is 0 Å². The molecular weight excluding hydrogens is 318 g/mol. The van der Waals surface area contributed by atoms with E-state index in [9.17, 15) is 4.79 Å². The SMILES string of the molecule is CSc1ccccc1C(=O)NCc1cccnc1-c1cccnc1. The molecule has 5 heteroatoms. The number of carbonyl (C=O) groups excluding carboxylic acids is 1. The molecule has 3 rings (SSSR count). The van der Waals surface area contributed by atoms with Gasteiger partial charge in [-0.05, 0) is 42.2 Å². The first-order valence-electron chi connectivity index (χ1n) is 7.55. The van der Waals surface area contributed by atoms with E-state index >= 15 is 0 Å². The molecular formula is C19H17N3OS. The number of nitrogens with one attached hydrogen (secondary N) is 1. The second-order valence-electron chi connectivity index (χ2n) is 5.14. The van der Waals surface area contributed by atoms with E-state index in [0.29, 0.717) is 12.1 Å². The Hall–Kier alpha value is -2.66. The molecule has 0 atom stereocenters. The Labute approximate surface area is 145 Å². The van der Waals surface area contributed by atoms with Gasteiger partial charge in [-0.15, -0.1) is 11.8 Å². The number of thioether (sulfide) groups is 1. The first kappa shape index (κ1) is 16.2. The van der Waals surface area contributed by atoms with Crippen LogP contribution in [0.4, 0.5) is 0 Å². The minimum atomic E-state index is -0.0825. The van der Waals surface area contributed by atoms with Crippen LogP contribution in [-0.2, 0) is 6.54 Å². The van der Waals surface area contributed by atoms with Crippen molar-refractivity contribution in [3.8, 4) is 11.3 Å². The van der Waals surface area contributed by atoms with Gasteiger partial charge in [-0.2, -0.15) is 0 Å². The summed E-state index contributed by atoms with van der Waals surface area (Å²) in [5.41, 5.74) is 3.42. The molecule has 1 aromatic carbocycles. The number of amides is 1. The Morgan fingerprint density at radius 3 is 2.71 bits per heavy atom. The molecule has 2 heterocycles. The molecule has 1 N–H and O–H groups in total. The van der Waals surface area contributed by atoms with Gasteiger partial charge < -0.3 is 5.32 Å². The monoisotopic (exact) mass is 335 g/mol. The molecule has 0 aliphatic carbocycles. The minimum Gasteiger partial charge on any atom is -0.348 e. The van der Waals surface area contributed by atoms with Crippen molar-refractivity contribution >= 4 is 17.7 Å². The summed E-state index contributed by atoms with van der Waals surface area (Å²) < 4.78 is 0. The normalized spacial score (nSPS) is 10.4. The van der Waals surface area contributed by atoms with Crippen molar-refractivity contribution in [3.63, 3.8) is 0 Å². The van der Waals surface area contributed by atoms with Gasteiger partial charge in [-0.3, -0.25) is 14.8 Å². The second-order valence-corrected chi connectivity index (χ2v) is 5.98. The average Bonchev–Trinajstić information content (AvgIpc) is 2.67. The van der Waals surface area contributed by atoms with Gasteiger partial charge >= 0.3 is 0 Å². The molecule has 0 unspecified atom stereocenters. The molecule has 4 nitrogen and oxygen atoms in total. The Morgan fingerprint density at radius 2 is 1.92 bits per heavy atom. The van der Waals surface area contributed by atoms with Gasteiger partial charge in [0, 0.05) is 35.6 Å². The Morgan fingerprint density at radius 1 is 1.08 bits per heavy atom. The number of nitrogens with zero attached hydrogens (tertiary/aromatic N) is 2. The van der Waals surface area contributed by atoms with E-state index in [-0.39, 0.29) is 5.91 Å². The molecule has 0 fully saturated rings. The molecule has 3 aromatic rings. The lowest BCUT2D eigenvalue weighted by Gasteiger charge is -2.11. The van der Waals surface area contributed by atoms with Crippen molar-refractivity contribution in [2.45, 2.75) is 11.4 Å². The second kappa shape index (κ2) is 7.75. The molecule has 120 valence electrons. The van der Waals surface area contributed by atoms with Crippen molar-refractivity contribution in [2.24, 2.45) is 0 Å². The average molecular weight is 335 g/mol. The van der Waals surface area contributed by atoms with E-state index < -0.39 is 0 Å². The highest BCUT2D eigenvalue weighted by Gasteiger charge is 2.12. The quantitative estimate of drug-likeness (QED) is 0.721. The van der Waals surface area contributed by atoms with Gasteiger partial charge in [-0.25, -0.2) is 0 Å². The molecule has 1 amide bonds. The maximum Gasteiger partial charge on any atom is 0.252 e. The standard InChI is InChI=1S/C19H17N3OS/c1-24-17-9-3-2-8-16(17)19(23)22-13-15-7-5-11-21-18(15)14-6-4-10-20-12-14/h2-12H,13H2,1H3,(H,22,23). The summed E-state index contributed by atoms with van der Waals surface area (Å²) in [5, 5.41) is 2.99. The van der Waals surface area contributed by atoms with E-state index in [0.717, 1.165) is 21.7 Å². The van der Waals surface area contributed by atoms with E-state index in [4.69, 9.17) is 0 Å². The zero-order valence-corrected chi connectivity index (χ0v) is 14.1. The molecule has 0 radical (unpaired) electrons. The predicted molar refractivity (Wildman–Crippen MR) is 96.9 cm³/mol. The van der Waals surface area contributed by atoms with Crippen LogP contribution in [0.25, 0.3) is 11.3 Å². The molecule has 0 saturated carbocycles. The van der Waals surface area contributed by atoms with Gasteiger partial charge in [-0.1, -0.05) is 18.2 Å². The van der Waals surface area contributed by atoms with Crippen LogP contribution < -0.4 is 5.32 Å². The number of carbonyl (C=O) groups is 1. The van der Waals surface area contributed by atoms with Gasteiger partial charge in [0.05, 0.1) is 11.3 Å². The first-order valence-corrected chi connectivity index (χ1v) is 8.77. The van der Waals surface area contributed by atoms with Gasteiger partial charge in [0.25, 0.3) is 5.91 Å².